The minimum Gasteiger partial charge on any atom is -0.478 e. The van der Waals surface area contributed by atoms with E-state index < -0.39 is 5.97 Å². The van der Waals surface area contributed by atoms with E-state index in [1.54, 1.807) is 11.8 Å². The van der Waals surface area contributed by atoms with Gasteiger partial charge in [-0.15, -0.1) is 11.8 Å². The van der Waals surface area contributed by atoms with Crippen molar-refractivity contribution in [1.29, 1.82) is 0 Å². The van der Waals surface area contributed by atoms with Crippen molar-refractivity contribution in [3.63, 3.8) is 0 Å². The van der Waals surface area contributed by atoms with Crippen molar-refractivity contribution in [2.75, 3.05) is 32.6 Å². The summed E-state index contributed by atoms with van der Waals surface area (Å²) in [6, 6.07) is 0.317. The summed E-state index contributed by atoms with van der Waals surface area (Å²) in [6.45, 7) is 14.1. The van der Waals surface area contributed by atoms with Crippen molar-refractivity contribution in [3.8, 4) is 0 Å². The summed E-state index contributed by atoms with van der Waals surface area (Å²) in [5, 5.41) is 10.6. The molecule has 0 bridgehead atoms. The highest BCUT2D eigenvalue weighted by atomic mass is 32.2. The predicted octanol–water partition coefficient (Wildman–Crippen LogP) is 3.78. The highest BCUT2D eigenvalue weighted by molar-refractivity contribution is 8.02. The zero-order valence-corrected chi connectivity index (χ0v) is 17.9. The maximum atomic E-state index is 11.9. The molecule has 0 aromatic carbocycles. The first-order valence-corrected chi connectivity index (χ1v) is 10.7. The lowest BCUT2D eigenvalue weighted by Gasteiger charge is -2.47. The number of hydrogen-bond donors (Lipinski definition) is 1. The molecule has 2 aliphatic rings. The first kappa shape index (κ1) is 21.3. The Morgan fingerprint density at radius 1 is 1.42 bits per heavy atom. The number of carboxylic acids is 1. The van der Waals surface area contributed by atoms with Gasteiger partial charge in [-0.1, -0.05) is 20.8 Å². The molecular weight excluding hydrogens is 348 g/mol. The highest BCUT2D eigenvalue weighted by Crippen LogP contribution is 2.36. The van der Waals surface area contributed by atoms with Gasteiger partial charge in [-0.05, 0) is 50.0 Å². The van der Waals surface area contributed by atoms with Gasteiger partial charge in [0.05, 0.1) is 23.8 Å². The maximum absolute atomic E-state index is 11.9. The predicted molar refractivity (Wildman–Crippen MR) is 108 cm³/mol. The third-order valence-electron chi connectivity index (χ3n) is 5.08. The number of carboxylic acid groups (broad SMARTS) is 1. The van der Waals surface area contributed by atoms with Crippen molar-refractivity contribution in [2.45, 2.75) is 59.7 Å². The SMILES string of the molecule is CSC1=C(C(=O)O)C(C)=CC(N2CCOC[C@H]2C)N1CCCC(C)(C)C. The molecule has 2 heterocycles. The van der Waals surface area contributed by atoms with Crippen LogP contribution in [0.15, 0.2) is 22.3 Å². The van der Waals surface area contributed by atoms with Crippen molar-refractivity contribution in [1.82, 2.24) is 9.80 Å². The van der Waals surface area contributed by atoms with E-state index >= 15 is 0 Å². The molecular formula is C20H34N2O3S. The Hall–Kier alpha value is -0.980. The van der Waals surface area contributed by atoms with E-state index in [0.29, 0.717) is 11.6 Å². The van der Waals surface area contributed by atoms with E-state index in [2.05, 4.69) is 43.6 Å². The summed E-state index contributed by atoms with van der Waals surface area (Å²) in [6.07, 6.45) is 6.36. The normalized spacial score (nSPS) is 25.5. The Balaban J connectivity index is 2.33. The number of rotatable bonds is 6. The van der Waals surface area contributed by atoms with Crippen LogP contribution < -0.4 is 0 Å². The van der Waals surface area contributed by atoms with E-state index in [9.17, 15) is 9.90 Å². The molecule has 0 spiro atoms. The van der Waals surface area contributed by atoms with Crippen molar-refractivity contribution in [3.05, 3.63) is 22.3 Å². The Bertz CT molecular complexity index is 580. The topological polar surface area (TPSA) is 53.0 Å². The number of thioether (sulfide) groups is 1. The van der Waals surface area contributed by atoms with E-state index in [1.807, 2.05) is 13.2 Å². The molecule has 6 heteroatoms. The summed E-state index contributed by atoms with van der Waals surface area (Å²) in [7, 11) is 0. The van der Waals surface area contributed by atoms with Crippen molar-refractivity contribution < 1.29 is 14.6 Å². The first-order chi connectivity index (χ1) is 12.2. The van der Waals surface area contributed by atoms with Crippen LogP contribution in [0.25, 0.3) is 0 Å². The first-order valence-electron chi connectivity index (χ1n) is 9.46. The van der Waals surface area contributed by atoms with Crippen LogP contribution >= 0.6 is 11.8 Å². The summed E-state index contributed by atoms with van der Waals surface area (Å²) in [5.41, 5.74) is 1.59. The minimum absolute atomic E-state index is 0.0967. The molecule has 0 aromatic heterocycles. The Kier molecular flexibility index (Phi) is 7.22. The molecule has 0 saturated carbocycles. The van der Waals surface area contributed by atoms with E-state index in [-0.39, 0.29) is 11.6 Å². The van der Waals surface area contributed by atoms with Gasteiger partial charge >= 0.3 is 5.97 Å². The highest BCUT2D eigenvalue weighted by Gasteiger charge is 2.36. The number of hydrogen-bond acceptors (Lipinski definition) is 5. The monoisotopic (exact) mass is 382 g/mol. The number of aliphatic carboxylic acids is 1. The van der Waals surface area contributed by atoms with Crippen LogP contribution in [0.3, 0.4) is 0 Å². The number of carbonyl (C=O) groups is 1. The Morgan fingerprint density at radius 3 is 2.65 bits per heavy atom. The number of morpholine rings is 1. The third kappa shape index (κ3) is 5.05. The molecule has 1 saturated heterocycles. The molecule has 0 radical (unpaired) electrons. The van der Waals surface area contributed by atoms with Gasteiger partial charge in [0.25, 0.3) is 0 Å². The second kappa shape index (κ2) is 8.81. The molecule has 1 unspecified atom stereocenters. The zero-order chi connectivity index (χ0) is 19.5. The van der Waals surface area contributed by atoms with Gasteiger partial charge < -0.3 is 14.7 Å². The summed E-state index contributed by atoms with van der Waals surface area (Å²) in [4.78, 5) is 16.6. The Labute approximate surface area is 162 Å². The fourth-order valence-corrected chi connectivity index (χ4v) is 4.62. The van der Waals surface area contributed by atoms with Crippen LogP contribution in [0.1, 0.15) is 47.5 Å². The second-order valence-corrected chi connectivity index (χ2v) is 9.27. The fourth-order valence-electron chi connectivity index (χ4n) is 3.73. The summed E-state index contributed by atoms with van der Waals surface area (Å²) < 4.78 is 5.61. The molecule has 2 atom stereocenters. The van der Waals surface area contributed by atoms with Crippen molar-refractivity contribution in [2.24, 2.45) is 5.41 Å². The molecule has 5 nitrogen and oxygen atoms in total. The van der Waals surface area contributed by atoms with Gasteiger partial charge in [0.2, 0.25) is 0 Å². The molecule has 0 amide bonds. The maximum Gasteiger partial charge on any atom is 0.338 e. The van der Waals surface area contributed by atoms with Gasteiger partial charge in [-0.2, -0.15) is 0 Å². The van der Waals surface area contributed by atoms with E-state index in [4.69, 9.17) is 4.74 Å². The summed E-state index contributed by atoms with van der Waals surface area (Å²) in [5.74, 6) is -0.836. The van der Waals surface area contributed by atoms with Gasteiger partial charge in [-0.3, -0.25) is 4.90 Å². The van der Waals surface area contributed by atoms with Crippen LogP contribution in [0.2, 0.25) is 0 Å². The Morgan fingerprint density at radius 2 is 2.12 bits per heavy atom. The van der Waals surface area contributed by atoms with Gasteiger partial charge in [0.15, 0.2) is 0 Å². The molecule has 2 aliphatic heterocycles. The van der Waals surface area contributed by atoms with Gasteiger partial charge in [0.1, 0.15) is 6.17 Å². The van der Waals surface area contributed by atoms with Crippen LogP contribution in [0, 0.1) is 5.41 Å². The second-order valence-electron chi connectivity index (χ2n) is 8.47. The van der Waals surface area contributed by atoms with Crippen molar-refractivity contribution >= 4 is 17.7 Å². The van der Waals surface area contributed by atoms with Crippen LogP contribution in [0.4, 0.5) is 0 Å². The number of ether oxygens (including phenoxy) is 1. The lowest BCUT2D eigenvalue weighted by atomic mass is 9.90. The molecule has 1 fully saturated rings. The lowest BCUT2D eigenvalue weighted by Crippen LogP contribution is -2.56. The number of nitrogens with zero attached hydrogens (tertiary/aromatic N) is 2. The standard InChI is InChI=1S/C20H34N2O3S/c1-14-12-16(21-10-11-25-13-15(21)2)22(9-7-8-20(3,4)5)18(26-6)17(14)19(23)24/h12,15-16H,7-11,13H2,1-6H3,(H,23,24)/t15-,16?/m1/s1. The molecule has 26 heavy (non-hydrogen) atoms. The van der Waals surface area contributed by atoms with E-state index in [0.717, 1.165) is 49.7 Å². The molecule has 1 N–H and O–H groups in total. The fraction of sp³-hybridized carbons (Fsp3) is 0.750. The summed E-state index contributed by atoms with van der Waals surface area (Å²) >= 11 is 1.55. The van der Waals surface area contributed by atoms with Crippen LogP contribution in [0.5, 0.6) is 0 Å². The largest absolute Gasteiger partial charge is 0.478 e. The molecule has 0 aromatic rings. The quantitative estimate of drug-likeness (QED) is 0.754. The average molecular weight is 383 g/mol. The van der Waals surface area contributed by atoms with Crippen LogP contribution in [-0.4, -0.2) is 65.6 Å². The van der Waals surface area contributed by atoms with Gasteiger partial charge in [-0.25, -0.2) is 4.79 Å². The van der Waals surface area contributed by atoms with Gasteiger partial charge in [0, 0.05) is 19.1 Å². The zero-order valence-electron chi connectivity index (χ0n) is 17.0. The van der Waals surface area contributed by atoms with Crippen LogP contribution in [-0.2, 0) is 9.53 Å². The smallest absolute Gasteiger partial charge is 0.338 e. The van der Waals surface area contributed by atoms with E-state index in [1.165, 1.54) is 0 Å². The molecule has 2 rings (SSSR count). The third-order valence-corrected chi connectivity index (χ3v) is 5.90. The molecule has 0 aliphatic carbocycles. The lowest BCUT2D eigenvalue weighted by molar-refractivity contribution is -0.132. The minimum atomic E-state index is -0.836. The molecule has 148 valence electrons. The average Bonchev–Trinajstić information content (AvgIpc) is 2.54.